The Morgan fingerprint density at radius 3 is 2.52 bits per heavy atom. The van der Waals surface area contributed by atoms with Crippen molar-refractivity contribution in [1.82, 2.24) is 19.9 Å². The van der Waals surface area contributed by atoms with Crippen LogP contribution in [0.5, 0.6) is 0 Å². The summed E-state index contributed by atoms with van der Waals surface area (Å²) >= 11 is 6.22. The van der Waals surface area contributed by atoms with E-state index >= 15 is 0 Å². The van der Waals surface area contributed by atoms with Gasteiger partial charge in [-0.05, 0) is 33.8 Å². The lowest BCUT2D eigenvalue weighted by molar-refractivity contribution is -0.143. The van der Waals surface area contributed by atoms with Gasteiger partial charge in [-0.25, -0.2) is 27.5 Å². The maximum Gasteiger partial charge on any atom is 0.408 e. The average molecular weight is 496 g/mol. The number of amides is 1. The molecule has 186 valence electrons. The second kappa shape index (κ2) is 10.9. The smallest absolute Gasteiger partial charge is 0.408 e. The number of carbonyl (C=O) groups excluding carboxylic acids is 1. The second-order valence-electron chi connectivity index (χ2n) is 8.68. The number of nitrogens with one attached hydrogen (secondary N) is 1. The first-order chi connectivity index (χ1) is 15.3. The molecule has 0 aliphatic rings. The third-order valence-electron chi connectivity index (χ3n) is 4.55. The fourth-order valence-electron chi connectivity index (χ4n) is 2.71. The number of hydrogen-bond donors (Lipinski definition) is 2. The number of hydrogen-bond acceptors (Lipinski definition) is 7. The van der Waals surface area contributed by atoms with Crippen molar-refractivity contribution in [3.63, 3.8) is 0 Å². The number of methoxy groups -OCH3 is 1. The van der Waals surface area contributed by atoms with Crippen molar-refractivity contribution < 1.29 is 32.2 Å². The fourth-order valence-corrected chi connectivity index (χ4v) is 2.99. The van der Waals surface area contributed by atoms with E-state index in [9.17, 15) is 18.0 Å². The Morgan fingerprint density at radius 2 is 1.97 bits per heavy atom. The van der Waals surface area contributed by atoms with Gasteiger partial charge in [-0.3, -0.25) is 0 Å². The van der Waals surface area contributed by atoms with Gasteiger partial charge in [-0.1, -0.05) is 11.6 Å². The molecule has 0 spiro atoms. The highest BCUT2D eigenvalue weighted by Crippen LogP contribution is 2.26. The lowest BCUT2D eigenvalue weighted by atomic mass is 10.1. The Kier molecular flexibility index (Phi) is 8.91. The number of rotatable bonds is 10. The number of alkyl halides is 3. The highest BCUT2D eigenvalue weighted by Gasteiger charge is 2.38. The van der Waals surface area contributed by atoms with Crippen LogP contribution < -0.4 is 11.1 Å². The van der Waals surface area contributed by atoms with Crippen LogP contribution in [0.25, 0.3) is 5.65 Å². The molecule has 0 fully saturated rings. The third kappa shape index (κ3) is 7.16. The van der Waals surface area contributed by atoms with Crippen molar-refractivity contribution in [3.05, 3.63) is 28.7 Å². The number of alkyl carbamates (subject to hydrolysis) is 1. The number of nitrogens with zero attached hydrogens (tertiary/aromatic N) is 3. The molecule has 2 heterocycles. The highest BCUT2D eigenvalue weighted by atomic mass is 35.5. The van der Waals surface area contributed by atoms with E-state index in [0.717, 1.165) is 6.92 Å². The Bertz CT molecular complexity index is 956. The van der Waals surface area contributed by atoms with Crippen molar-refractivity contribution in [2.24, 2.45) is 5.73 Å². The molecule has 13 heteroatoms. The normalized spacial score (nSPS) is 16.0. The van der Waals surface area contributed by atoms with Gasteiger partial charge in [0.15, 0.2) is 16.4 Å². The van der Waals surface area contributed by atoms with Crippen LogP contribution >= 0.6 is 11.6 Å². The first-order valence-corrected chi connectivity index (χ1v) is 10.4. The van der Waals surface area contributed by atoms with Crippen molar-refractivity contribution in [2.45, 2.75) is 57.4 Å². The Balaban J connectivity index is 2.38. The van der Waals surface area contributed by atoms with Crippen LogP contribution in [0.2, 0.25) is 5.15 Å². The standard InChI is InChI=1S/C20H29ClF3N5O4/c1-19(2,3)33-18(30)27-14(9-32-20(4,10-22)17(23)24)13-7-29-15(26-13)6-11(16(21)28-29)12(25)8-31-5/h6-7,12,14,17H,8-10,25H2,1-5H3,(H,27,30)/t12-,14+,20?/m1/s1. The van der Waals surface area contributed by atoms with Crippen molar-refractivity contribution in [3.8, 4) is 0 Å². The minimum atomic E-state index is -3.09. The molecule has 0 aliphatic heterocycles. The van der Waals surface area contributed by atoms with E-state index in [1.54, 1.807) is 26.8 Å². The molecular formula is C20H29ClF3N5O4. The van der Waals surface area contributed by atoms with Crippen LogP contribution in [0.4, 0.5) is 18.0 Å². The number of ether oxygens (including phenoxy) is 3. The summed E-state index contributed by atoms with van der Waals surface area (Å²) in [7, 11) is 1.49. The molecule has 3 atom stereocenters. The van der Waals surface area contributed by atoms with Gasteiger partial charge in [0.05, 0.1) is 37.2 Å². The molecule has 0 radical (unpaired) electrons. The zero-order chi connectivity index (χ0) is 25.0. The molecule has 1 unspecified atom stereocenters. The molecule has 0 saturated carbocycles. The van der Waals surface area contributed by atoms with Gasteiger partial charge in [0.25, 0.3) is 6.43 Å². The van der Waals surface area contributed by atoms with Gasteiger partial charge in [-0.15, -0.1) is 0 Å². The largest absolute Gasteiger partial charge is 0.444 e. The molecule has 2 aromatic rings. The molecule has 1 amide bonds. The SMILES string of the molecule is COC[C@@H](N)c1cc2nc([C@H](COC(C)(CF)C(F)F)NC(=O)OC(C)(C)C)cn2nc1Cl. The lowest BCUT2D eigenvalue weighted by Gasteiger charge is -2.29. The van der Waals surface area contributed by atoms with E-state index in [0.29, 0.717) is 11.2 Å². The summed E-state index contributed by atoms with van der Waals surface area (Å²) in [5.41, 5.74) is 3.89. The number of halogens is 4. The molecule has 0 aromatic carbocycles. The van der Waals surface area contributed by atoms with Crippen LogP contribution in [0.3, 0.4) is 0 Å². The number of nitrogens with two attached hydrogens (primary N) is 1. The van der Waals surface area contributed by atoms with Gasteiger partial charge >= 0.3 is 6.09 Å². The summed E-state index contributed by atoms with van der Waals surface area (Å²) in [6.45, 7) is 4.20. The Hall–Kier alpha value is -2.15. The minimum absolute atomic E-state index is 0.117. The molecule has 33 heavy (non-hydrogen) atoms. The monoisotopic (exact) mass is 495 g/mol. The van der Waals surface area contributed by atoms with Crippen LogP contribution in [-0.2, 0) is 14.2 Å². The van der Waals surface area contributed by atoms with E-state index in [1.807, 2.05) is 0 Å². The van der Waals surface area contributed by atoms with Gasteiger partial charge in [-0.2, -0.15) is 5.10 Å². The second-order valence-corrected chi connectivity index (χ2v) is 9.04. The summed E-state index contributed by atoms with van der Waals surface area (Å²) in [5.74, 6) is 0. The summed E-state index contributed by atoms with van der Waals surface area (Å²) in [6.07, 6.45) is -2.48. The summed E-state index contributed by atoms with van der Waals surface area (Å²) in [5, 5.41) is 6.83. The first kappa shape index (κ1) is 27.1. The fraction of sp³-hybridized carbons (Fsp3) is 0.650. The molecule has 0 aliphatic carbocycles. The topological polar surface area (TPSA) is 113 Å². The van der Waals surface area contributed by atoms with Crippen molar-refractivity contribution in [1.29, 1.82) is 0 Å². The van der Waals surface area contributed by atoms with Crippen molar-refractivity contribution in [2.75, 3.05) is 27.0 Å². The van der Waals surface area contributed by atoms with Crippen LogP contribution in [0.15, 0.2) is 12.3 Å². The molecule has 2 aromatic heterocycles. The zero-order valence-corrected chi connectivity index (χ0v) is 19.8. The molecule has 0 saturated heterocycles. The maximum atomic E-state index is 13.3. The minimum Gasteiger partial charge on any atom is -0.444 e. The van der Waals surface area contributed by atoms with Crippen LogP contribution in [-0.4, -0.2) is 65.3 Å². The summed E-state index contributed by atoms with van der Waals surface area (Å²) in [6, 6.07) is -0.0184. The molecule has 2 rings (SSSR count). The lowest BCUT2D eigenvalue weighted by Crippen LogP contribution is -2.43. The quantitative estimate of drug-likeness (QED) is 0.517. The van der Waals surface area contributed by atoms with E-state index in [4.69, 9.17) is 31.5 Å². The third-order valence-corrected chi connectivity index (χ3v) is 4.85. The van der Waals surface area contributed by atoms with Gasteiger partial charge in [0.1, 0.15) is 12.3 Å². The van der Waals surface area contributed by atoms with E-state index in [-0.39, 0.29) is 17.5 Å². The van der Waals surface area contributed by atoms with Gasteiger partial charge in [0.2, 0.25) is 0 Å². The van der Waals surface area contributed by atoms with Gasteiger partial charge in [0, 0.05) is 12.7 Å². The Morgan fingerprint density at radius 1 is 1.30 bits per heavy atom. The molecule has 9 nitrogen and oxygen atoms in total. The first-order valence-electron chi connectivity index (χ1n) is 10.1. The Labute approximate surface area is 194 Å². The van der Waals surface area contributed by atoms with E-state index in [2.05, 4.69) is 15.4 Å². The molecule has 3 N–H and O–H groups in total. The predicted octanol–water partition coefficient (Wildman–Crippen LogP) is 3.60. The van der Waals surface area contributed by atoms with Crippen LogP contribution in [0, 0.1) is 0 Å². The predicted molar refractivity (Wildman–Crippen MR) is 115 cm³/mol. The van der Waals surface area contributed by atoms with Gasteiger partial charge < -0.3 is 25.3 Å². The van der Waals surface area contributed by atoms with E-state index in [1.165, 1.54) is 17.8 Å². The number of imidazole rings is 1. The maximum absolute atomic E-state index is 13.3. The summed E-state index contributed by atoms with van der Waals surface area (Å²) in [4.78, 5) is 16.7. The van der Waals surface area contributed by atoms with Crippen LogP contribution in [0.1, 0.15) is 51.0 Å². The number of fused-ring (bicyclic) bond motifs is 1. The molecular weight excluding hydrogens is 467 g/mol. The summed E-state index contributed by atoms with van der Waals surface area (Å²) < 4.78 is 56.6. The number of carbonyl (C=O) groups is 1. The number of aromatic nitrogens is 3. The molecule has 0 bridgehead atoms. The zero-order valence-electron chi connectivity index (χ0n) is 19.1. The van der Waals surface area contributed by atoms with Crippen molar-refractivity contribution >= 4 is 23.3 Å². The highest BCUT2D eigenvalue weighted by molar-refractivity contribution is 6.30. The van der Waals surface area contributed by atoms with E-state index < -0.39 is 49.1 Å². The average Bonchev–Trinajstić information content (AvgIpc) is 3.11.